The lowest BCUT2D eigenvalue weighted by molar-refractivity contribution is -0.114. The van der Waals surface area contributed by atoms with Crippen LogP contribution in [0.25, 0.3) is 5.69 Å². The van der Waals surface area contributed by atoms with Gasteiger partial charge in [0.05, 0.1) is 28.8 Å². The number of hydrogen-bond donors (Lipinski definition) is 1. The van der Waals surface area contributed by atoms with Gasteiger partial charge in [-0.3, -0.25) is 14.4 Å². The fraction of sp³-hybridized carbons (Fsp3) is 0.200. The van der Waals surface area contributed by atoms with Crippen molar-refractivity contribution in [2.45, 2.75) is 17.6 Å². The number of halogens is 1. The molecular weight excluding hydrogens is 637 g/mol. The molecule has 1 aliphatic heterocycles. The van der Waals surface area contributed by atoms with Gasteiger partial charge in [-0.15, -0.1) is 11.8 Å². The number of nitrogens with zero attached hydrogens (tertiary/aromatic N) is 4. The van der Waals surface area contributed by atoms with Gasteiger partial charge < -0.3 is 15.1 Å². The predicted octanol–water partition coefficient (Wildman–Crippen LogP) is 5.05. The van der Waals surface area contributed by atoms with Crippen LogP contribution in [0, 0.1) is 3.57 Å². The Labute approximate surface area is 250 Å². The van der Waals surface area contributed by atoms with Crippen molar-refractivity contribution in [3.63, 3.8) is 0 Å². The van der Waals surface area contributed by atoms with E-state index in [9.17, 15) is 14.4 Å². The number of rotatable bonds is 7. The summed E-state index contributed by atoms with van der Waals surface area (Å²) in [6.07, 6.45) is 1.76. The van der Waals surface area contributed by atoms with Crippen molar-refractivity contribution in [2.75, 3.05) is 36.4 Å². The molecule has 0 unspecified atom stereocenters. The number of aromatic nitrogens is 2. The van der Waals surface area contributed by atoms with Crippen molar-refractivity contribution >= 4 is 57.5 Å². The molecule has 1 N–H and O–H groups in total. The van der Waals surface area contributed by atoms with Gasteiger partial charge in [-0.2, -0.15) is 9.78 Å². The highest BCUT2D eigenvalue weighted by Crippen LogP contribution is 2.31. The third-order valence-electron chi connectivity index (χ3n) is 6.59. The van der Waals surface area contributed by atoms with Crippen molar-refractivity contribution in [1.29, 1.82) is 0 Å². The molecule has 40 heavy (non-hydrogen) atoms. The van der Waals surface area contributed by atoms with Crippen LogP contribution < -0.4 is 15.8 Å². The second-order valence-corrected chi connectivity index (χ2v) is 11.5. The van der Waals surface area contributed by atoms with Crippen molar-refractivity contribution in [2.24, 2.45) is 0 Å². The largest absolute Gasteiger partial charge is 0.366 e. The van der Waals surface area contributed by atoms with Gasteiger partial charge in [-0.05, 0) is 52.4 Å². The fourth-order valence-corrected chi connectivity index (χ4v) is 6.39. The maximum absolute atomic E-state index is 13.7. The summed E-state index contributed by atoms with van der Waals surface area (Å²) >= 11 is 3.64. The molecule has 10 heteroatoms. The van der Waals surface area contributed by atoms with E-state index < -0.39 is 0 Å². The summed E-state index contributed by atoms with van der Waals surface area (Å²) in [5.41, 5.74) is 3.46. The minimum atomic E-state index is -0.223. The summed E-state index contributed by atoms with van der Waals surface area (Å²) in [7, 11) is 0. The molecule has 204 valence electrons. The molecule has 0 radical (unpaired) electrons. The summed E-state index contributed by atoms with van der Waals surface area (Å²) in [6, 6.07) is 24.9. The number of anilines is 2. The molecular formula is C30H28IN5O3S. The number of carbonyl (C=O) groups excluding carboxylic acids is 2. The molecule has 2 heterocycles. The number of nitrogens with one attached hydrogen (secondary N) is 1. The van der Waals surface area contributed by atoms with E-state index in [0.717, 1.165) is 14.8 Å². The second kappa shape index (κ2) is 12.7. The molecule has 0 spiro atoms. The molecule has 1 fully saturated rings. The Morgan fingerprint density at radius 2 is 1.60 bits per heavy atom. The first-order chi connectivity index (χ1) is 19.4. The van der Waals surface area contributed by atoms with E-state index in [0.29, 0.717) is 53.8 Å². The first-order valence-corrected chi connectivity index (χ1v) is 14.9. The van der Waals surface area contributed by atoms with Gasteiger partial charge in [0.15, 0.2) is 0 Å². The minimum Gasteiger partial charge on any atom is -0.366 e. The first-order valence-electron chi connectivity index (χ1n) is 12.9. The monoisotopic (exact) mass is 665 g/mol. The summed E-state index contributed by atoms with van der Waals surface area (Å²) < 4.78 is 2.22. The van der Waals surface area contributed by atoms with Crippen LogP contribution >= 0.6 is 34.4 Å². The average molecular weight is 666 g/mol. The number of carbonyl (C=O) groups is 2. The Hall–Kier alpha value is -3.64. The zero-order valence-corrected chi connectivity index (χ0v) is 24.9. The fourth-order valence-electron chi connectivity index (χ4n) is 4.62. The van der Waals surface area contributed by atoms with E-state index in [1.54, 1.807) is 17.2 Å². The van der Waals surface area contributed by atoms with Gasteiger partial charge in [0.1, 0.15) is 4.90 Å². The SMILES string of the molecule is CC(=O)Nc1cccc(I)c1C(=O)N1CCN(c2cnn(-c3ccccc3)c(=O)c2SCc2ccccc2)CC1. The molecule has 1 aliphatic rings. The average Bonchev–Trinajstić information content (AvgIpc) is 2.97. The van der Waals surface area contributed by atoms with Gasteiger partial charge in [-0.1, -0.05) is 54.6 Å². The summed E-state index contributed by atoms with van der Waals surface area (Å²) in [5.74, 6) is 0.308. The molecule has 0 saturated carbocycles. The number of piperazine rings is 1. The van der Waals surface area contributed by atoms with Crippen LogP contribution in [0.4, 0.5) is 11.4 Å². The number of amides is 2. The Balaban J connectivity index is 1.39. The van der Waals surface area contributed by atoms with Crippen LogP contribution in [0.15, 0.2) is 94.7 Å². The van der Waals surface area contributed by atoms with Crippen LogP contribution in [0.1, 0.15) is 22.8 Å². The summed E-state index contributed by atoms with van der Waals surface area (Å²) in [6.45, 7) is 3.50. The molecule has 1 aromatic heterocycles. The van der Waals surface area contributed by atoms with E-state index in [2.05, 4.69) is 37.9 Å². The third kappa shape index (κ3) is 6.23. The zero-order valence-electron chi connectivity index (χ0n) is 21.9. The number of hydrogen-bond acceptors (Lipinski definition) is 6. The van der Waals surface area contributed by atoms with Gasteiger partial charge >= 0.3 is 0 Å². The molecule has 0 aliphatic carbocycles. The Bertz CT molecular complexity index is 1570. The van der Waals surface area contributed by atoms with Crippen LogP contribution in [0.3, 0.4) is 0 Å². The zero-order chi connectivity index (χ0) is 28.1. The van der Waals surface area contributed by atoms with Crippen LogP contribution in [0.2, 0.25) is 0 Å². The minimum absolute atomic E-state index is 0.121. The normalized spacial score (nSPS) is 13.2. The van der Waals surface area contributed by atoms with E-state index in [-0.39, 0.29) is 17.4 Å². The first kappa shape index (κ1) is 27.9. The van der Waals surface area contributed by atoms with Gasteiger partial charge in [0, 0.05) is 42.4 Å². The van der Waals surface area contributed by atoms with Crippen LogP contribution in [-0.2, 0) is 10.5 Å². The highest BCUT2D eigenvalue weighted by Gasteiger charge is 2.28. The Kier molecular flexibility index (Phi) is 8.85. The predicted molar refractivity (Wildman–Crippen MR) is 167 cm³/mol. The quantitative estimate of drug-likeness (QED) is 0.220. The molecule has 2 amide bonds. The maximum Gasteiger partial charge on any atom is 0.287 e. The molecule has 1 saturated heterocycles. The lowest BCUT2D eigenvalue weighted by Crippen LogP contribution is -2.49. The second-order valence-electron chi connectivity index (χ2n) is 9.31. The van der Waals surface area contributed by atoms with E-state index in [1.807, 2.05) is 72.8 Å². The number of benzene rings is 3. The molecule has 4 aromatic rings. The topological polar surface area (TPSA) is 87.5 Å². The molecule has 0 bridgehead atoms. The van der Waals surface area contributed by atoms with Crippen molar-refractivity contribution < 1.29 is 9.59 Å². The summed E-state index contributed by atoms with van der Waals surface area (Å²) in [4.78, 5) is 43.5. The van der Waals surface area contributed by atoms with E-state index in [4.69, 9.17) is 0 Å². The Morgan fingerprint density at radius 3 is 2.27 bits per heavy atom. The van der Waals surface area contributed by atoms with E-state index >= 15 is 0 Å². The highest BCUT2D eigenvalue weighted by molar-refractivity contribution is 14.1. The van der Waals surface area contributed by atoms with Gasteiger partial charge in [0.2, 0.25) is 5.91 Å². The Morgan fingerprint density at radius 1 is 0.925 bits per heavy atom. The molecule has 5 rings (SSSR count). The number of para-hydroxylation sites is 1. The molecule has 0 atom stereocenters. The van der Waals surface area contributed by atoms with Gasteiger partial charge in [-0.25, -0.2) is 0 Å². The third-order valence-corrected chi connectivity index (χ3v) is 8.64. The van der Waals surface area contributed by atoms with Crippen LogP contribution in [0.5, 0.6) is 0 Å². The smallest absolute Gasteiger partial charge is 0.287 e. The lowest BCUT2D eigenvalue weighted by Gasteiger charge is -2.37. The number of thioether (sulfide) groups is 1. The standard InChI is InChI=1S/C30H28IN5O3S/c1-21(37)33-25-14-8-13-24(31)27(25)29(38)35-17-15-34(16-18-35)26-19-32-36(23-11-6-3-7-12-23)30(39)28(26)40-20-22-9-4-2-5-10-22/h2-14,19H,15-18,20H2,1H3,(H,33,37). The van der Waals surface area contributed by atoms with E-state index in [1.165, 1.54) is 23.4 Å². The van der Waals surface area contributed by atoms with Crippen LogP contribution in [-0.4, -0.2) is 52.7 Å². The maximum atomic E-state index is 13.7. The van der Waals surface area contributed by atoms with Crippen molar-refractivity contribution in [1.82, 2.24) is 14.7 Å². The highest BCUT2D eigenvalue weighted by atomic mass is 127. The van der Waals surface area contributed by atoms with Gasteiger partial charge in [0.25, 0.3) is 11.5 Å². The molecule has 8 nitrogen and oxygen atoms in total. The molecule has 3 aromatic carbocycles. The lowest BCUT2D eigenvalue weighted by atomic mass is 10.1. The van der Waals surface area contributed by atoms with Crippen molar-refractivity contribution in [3.05, 3.63) is 110 Å². The van der Waals surface area contributed by atoms with Crippen molar-refractivity contribution in [3.8, 4) is 5.69 Å². The summed E-state index contributed by atoms with van der Waals surface area (Å²) in [5, 5.41) is 7.30.